The number of nitrogens with zero attached hydrogens (tertiary/aromatic N) is 3. The van der Waals surface area contributed by atoms with E-state index in [1.165, 1.54) is 20.9 Å². The van der Waals surface area contributed by atoms with Crippen LogP contribution in [0, 0.1) is 40.5 Å². The molecule has 0 radical (unpaired) electrons. The van der Waals surface area contributed by atoms with E-state index >= 15 is 0 Å². The first-order valence-corrected chi connectivity index (χ1v) is 12.4. The van der Waals surface area contributed by atoms with Crippen LogP contribution in [0.15, 0.2) is 39.5 Å². The standard InChI is InChI=1S/C23H29N3OS.C2H6O.C2H6.C2H2/c1-14(2)25-26-17(5)21(12-13-27)24-23(20-10-8-15(3)9-11-20)22-16(4)18(6)28-19(22)7;1-3-2;2*1-2/h8-11,13,21H,12H2,1-7H3;1-2H3;1-2H3;1-2H/b24-23?,26-17+;;;. The van der Waals surface area contributed by atoms with Crippen molar-refractivity contribution in [3.8, 4) is 12.8 Å². The van der Waals surface area contributed by atoms with Crippen molar-refractivity contribution in [2.75, 3.05) is 14.2 Å². The van der Waals surface area contributed by atoms with Gasteiger partial charge in [0.2, 0.25) is 0 Å². The van der Waals surface area contributed by atoms with E-state index in [1.54, 1.807) is 25.6 Å². The Hall–Kier alpha value is -2.88. The Balaban J connectivity index is 0. The lowest BCUT2D eigenvalue weighted by atomic mass is 9.97. The van der Waals surface area contributed by atoms with Crippen molar-refractivity contribution in [2.24, 2.45) is 15.2 Å². The summed E-state index contributed by atoms with van der Waals surface area (Å²) in [5.41, 5.74) is 7.17. The average Bonchev–Trinajstić information content (AvgIpc) is 3.10. The van der Waals surface area contributed by atoms with E-state index in [4.69, 9.17) is 4.99 Å². The van der Waals surface area contributed by atoms with Crippen molar-refractivity contribution in [1.29, 1.82) is 0 Å². The highest BCUT2D eigenvalue weighted by atomic mass is 32.1. The molecule has 5 nitrogen and oxygen atoms in total. The lowest BCUT2D eigenvalue weighted by molar-refractivity contribution is -0.107. The number of methoxy groups -OCH3 is 1. The van der Waals surface area contributed by atoms with Crippen molar-refractivity contribution >= 4 is 34.8 Å². The van der Waals surface area contributed by atoms with Crippen LogP contribution in [-0.4, -0.2) is 43.7 Å². The fraction of sp³-hybridized carbons (Fsp3) is 0.448. The first kappa shape index (κ1) is 34.3. The zero-order chi connectivity index (χ0) is 27.6. The zero-order valence-corrected chi connectivity index (χ0v) is 24.2. The summed E-state index contributed by atoms with van der Waals surface area (Å²) in [6.07, 6.45) is 9.19. The van der Waals surface area contributed by atoms with Crippen molar-refractivity contribution in [2.45, 2.75) is 74.8 Å². The van der Waals surface area contributed by atoms with E-state index in [9.17, 15) is 4.79 Å². The molecule has 1 heterocycles. The number of thiophene rings is 1. The van der Waals surface area contributed by atoms with Gasteiger partial charge >= 0.3 is 0 Å². The number of aryl methyl sites for hydroxylation is 3. The molecule has 192 valence electrons. The van der Waals surface area contributed by atoms with Crippen molar-refractivity contribution in [3.05, 3.63) is 56.3 Å². The lowest BCUT2D eigenvalue weighted by Gasteiger charge is -2.15. The van der Waals surface area contributed by atoms with Crippen molar-refractivity contribution in [3.63, 3.8) is 0 Å². The number of ether oxygens (including phenoxy) is 1. The van der Waals surface area contributed by atoms with Crippen LogP contribution in [-0.2, 0) is 9.53 Å². The van der Waals surface area contributed by atoms with Crippen molar-refractivity contribution < 1.29 is 9.53 Å². The second-order valence-electron chi connectivity index (χ2n) is 7.67. The average molecular weight is 498 g/mol. The van der Waals surface area contributed by atoms with Crippen LogP contribution in [0.2, 0.25) is 0 Å². The molecule has 0 amide bonds. The molecule has 0 bridgehead atoms. The summed E-state index contributed by atoms with van der Waals surface area (Å²) < 4.78 is 4.25. The maximum atomic E-state index is 11.3. The molecule has 35 heavy (non-hydrogen) atoms. The number of aliphatic imine (C=N–C) groups is 1. The van der Waals surface area contributed by atoms with E-state index < -0.39 is 0 Å². The van der Waals surface area contributed by atoms with Crippen LogP contribution in [0.1, 0.15) is 73.0 Å². The van der Waals surface area contributed by atoms with Gasteiger partial charge in [0.25, 0.3) is 0 Å². The van der Waals surface area contributed by atoms with Gasteiger partial charge in [-0.05, 0) is 54.0 Å². The summed E-state index contributed by atoms with van der Waals surface area (Å²) in [5.74, 6) is 0. The molecule has 6 heteroatoms. The Kier molecular flexibility index (Phi) is 19.0. The molecule has 0 saturated carbocycles. The Bertz CT molecular complexity index is 993. The molecule has 0 saturated heterocycles. The van der Waals surface area contributed by atoms with Gasteiger partial charge in [0.1, 0.15) is 6.29 Å². The van der Waals surface area contributed by atoms with Gasteiger partial charge in [-0.2, -0.15) is 10.2 Å². The minimum Gasteiger partial charge on any atom is -0.388 e. The zero-order valence-electron chi connectivity index (χ0n) is 23.4. The number of terminal acetylenes is 1. The highest BCUT2D eigenvalue weighted by molar-refractivity contribution is 7.12. The number of aldehydes is 1. The third-order valence-electron chi connectivity index (χ3n) is 4.62. The van der Waals surface area contributed by atoms with E-state index in [-0.39, 0.29) is 12.5 Å². The second kappa shape index (κ2) is 19.4. The molecule has 0 N–H and O–H groups in total. The van der Waals surface area contributed by atoms with Gasteiger partial charge in [0.05, 0.1) is 17.5 Å². The Labute approximate surface area is 217 Å². The topological polar surface area (TPSA) is 63.4 Å². The third kappa shape index (κ3) is 11.9. The summed E-state index contributed by atoms with van der Waals surface area (Å²) in [5, 5.41) is 8.44. The monoisotopic (exact) mass is 497 g/mol. The molecule has 1 aromatic carbocycles. The Morgan fingerprint density at radius 1 is 0.971 bits per heavy atom. The fourth-order valence-corrected chi connectivity index (χ4v) is 4.01. The number of benzene rings is 1. The van der Waals surface area contributed by atoms with Crippen LogP contribution in [0.25, 0.3) is 0 Å². The Morgan fingerprint density at radius 3 is 1.89 bits per heavy atom. The van der Waals surface area contributed by atoms with Gasteiger partial charge < -0.3 is 9.53 Å². The molecule has 0 aliphatic heterocycles. The molecule has 1 unspecified atom stereocenters. The SMILES string of the molecule is C#C.CC.CC(C)=N/N=C(\C)C(CC=O)N=C(c1ccc(C)cc1)c1c(C)sc(C)c1C.COC. The van der Waals surface area contributed by atoms with E-state index in [0.29, 0.717) is 0 Å². The minimum absolute atomic E-state index is 0.282. The number of carbonyl (C=O) groups excluding carboxylic acids is 1. The van der Waals surface area contributed by atoms with Crippen LogP contribution >= 0.6 is 11.3 Å². The highest BCUT2D eigenvalue weighted by Gasteiger charge is 2.20. The van der Waals surface area contributed by atoms with E-state index in [1.807, 2.05) is 34.6 Å². The van der Waals surface area contributed by atoms with Gasteiger partial charge in [-0.15, -0.1) is 24.2 Å². The normalized spacial score (nSPS) is 11.5. The molecule has 1 atom stereocenters. The maximum absolute atomic E-state index is 11.3. The van der Waals surface area contributed by atoms with Gasteiger partial charge in [-0.1, -0.05) is 43.7 Å². The third-order valence-corrected chi connectivity index (χ3v) is 5.74. The molecule has 0 spiro atoms. The summed E-state index contributed by atoms with van der Waals surface area (Å²) in [4.78, 5) is 18.9. The Morgan fingerprint density at radius 2 is 1.49 bits per heavy atom. The van der Waals surface area contributed by atoms with Gasteiger partial charge in [0, 0.05) is 47.2 Å². The predicted molar refractivity (Wildman–Crippen MR) is 156 cm³/mol. The lowest BCUT2D eigenvalue weighted by Crippen LogP contribution is -2.20. The van der Waals surface area contributed by atoms with Crippen LogP contribution < -0.4 is 0 Å². The molecular formula is C29H43N3O2S. The predicted octanol–water partition coefficient (Wildman–Crippen LogP) is 7.17. The second-order valence-corrected chi connectivity index (χ2v) is 9.10. The van der Waals surface area contributed by atoms with E-state index in [2.05, 4.69) is 79.7 Å². The van der Waals surface area contributed by atoms with Crippen molar-refractivity contribution in [1.82, 2.24) is 0 Å². The minimum atomic E-state index is -0.337. The summed E-state index contributed by atoms with van der Waals surface area (Å²) in [6.45, 7) is 18.2. The van der Waals surface area contributed by atoms with E-state index in [0.717, 1.165) is 34.5 Å². The number of hydrogen-bond donors (Lipinski definition) is 0. The molecule has 0 fully saturated rings. The van der Waals surface area contributed by atoms with Crippen LogP contribution in [0.5, 0.6) is 0 Å². The van der Waals surface area contributed by atoms with Crippen LogP contribution in [0.3, 0.4) is 0 Å². The first-order valence-electron chi connectivity index (χ1n) is 11.6. The molecular weight excluding hydrogens is 454 g/mol. The summed E-state index contributed by atoms with van der Waals surface area (Å²) in [6, 6.07) is 8.04. The molecule has 2 aromatic rings. The first-order chi connectivity index (χ1) is 16.7. The molecule has 0 aliphatic rings. The molecule has 0 aliphatic carbocycles. The van der Waals surface area contributed by atoms with Crippen LogP contribution in [0.4, 0.5) is 0 Å². The maximum Gasteiger partial charge on any atom is 0.122 e. The number of carbonyl (C=O) groups is 1. The fourth-order valence-electron chi connectivity index (χ4n) is 2.95. The van der Waals surface area contributed by atoms with Gasteiger partial charge in [-0.25, -0.2) is 0 Å². The van der Waals surface area contributed by atoms with Gasteiger partial charge in [0.15, 0.2) is 0 Å². The summed E-state index contributed by atoms with van der Waals surface area (Å²) >= 11 is 1.78. The number of hydrogen-bond acceptors (Lipinski definition) is 6. The van der Waals surface area contributed by atoms with Gasteiger partial charge in [-0.3, -0.25) is 4.99 Å². The quantitative estimate of drug-likeness (QED) is 0.176. The summed E-state index contributed by atoms with van der Waals surface area (Å²) in [7, 11) is 3.25. The molecule has 1 aromatic heterocycles. The highest BCUT2D eigenvalue weighted by Crippen LogP contribution is 2.30. The number of rotatable bonds is 7. The molecule has 2 rings (SSSR count). The largest absolute Gasteiger partial charge is 0.388 e. The smallest absolute Gasteiger partial charge is 0.122 e.